The molecule has 1 N–H and O–H groups in total. The summed E-state index contributed by atoms with van der Waals surface area (Å²) < 4.78 is 46.0. The lowest BCUT2D eigenvalue weighted by Crippen LogP contribution is -2.22. The van der Waals surface area contributed by atoms with Gasteiger partial charge in [-0.05, 0) is 48.6 Å². The van der Waals surface area contributed by atoms with E-state index in [2.05, 4.69) is 4.98 Å². The molecular weight excluding hydrogens is 421 g/mol. The lowest BCUT2D eigenvalue weighted by atomic mass is 10.1. The predicted molar refractivity (Wildman–Crippen MR) is 116 cm³/mol. The molecule has 32 heavy (non-hydrogen) atoms. The average Bonchev–Trinajstić information content (AvgIpc) is 2.78. The van der Waals surface area contributed by atoms with Crippen LogP contribution in [0.3, 0.4) is 0 Å². The quantitative estimate of drug-likeness (QED) is 0.470. The van der Waals surface area contributed by atoms with Gasteiger partial charge in [0.1, 0.15) is 5.82 Å². The second-order valence-corrected chi connectivity index (χ2v) is 6.91. The maximum absolute atomic E-state index is 13.3. The van der Waals surface area contributed by atoms with Crippen molar-refractivity contribution in [2.24, 2.45) is 0 Å². The number of rotatable bonds is 4. The van der Waals surface area contributed by atoms with E-state index in [9.17, 15) is 23.1 Å². The number of phenols is 1. The topological polar surface area (TPSA) is 64.3 Å². The normalized spacial score (nSPS) is 11.9. The van der Waals surface area contributed by atoms with E-state index >= 15 is 0 Å². The van der Waals surface area contributed by atoms with E-state index in [1.807, 2.05) is 0 Å². The van der Waals surface area contributed by atoms with Crippen molar-refractivity contribution >= 4 is 23.1 Å². The number of aromatic nitrogens is 2. The Balaban J connectivity index is 1.94. The highest BCUT2D eigenvalue weighted by Gasteiger charge is 2.30. The van der Waals surface area contributed by atoms with Gasteiger partial charge in [-0.2, -0.15) is 13.2 Å². The fourth-order valence-corrected chi connectivity index (χ4v) is 3.34. The molecule has 0 atom stereocenters. The third-order valence-electron chi connectivity index (χ3n) is 4.90. The molecule has 3 aromatic carbocycles. The van der Waals surface area contributed by atoms with E-state index in [0.29, 0.717) is 11.1 Å². The van der Waals surface area contributed by atoms with E-state index in [0.717, 1.165) is 16.7 Å². The number of para-hydroxylation sites is 2. The van der Waals surface area contributed by atoms with Crippen molar-refractivity contribution < 1.29 is 23.0 Å². The van der Waals surface area contributed by atoms with Crippen LogP contribution in [0, 0.1) is 0 Å². The largest absolute Gasteiger partial charge is 0.504 e. The van der Waals surface area contributed by atoms with Crippen LogP contribution >= 0.6 is 0 Å². The third-order valence-corrected chi connectivity index (χ3v) is 4.90. The SMILES string of the molecule is COc1cccc(C=Cc2nc3ccccc3c(=O)n2-c2cccc(C(F)(F)F)c2)c1O. The molecule has 0 unspecified atom stereocenters. The Morgan fingerprint density at radius 2 is 1.75 bits per heavy atom. The van der Waals surface area contributed by atoms with E-state index in [-0.39, 0.29) is 28.4 Å². The number of hydrogen-bond acceptors (Lipinski definition) is 4. The highest BCUT2D eigenvalue weighted by molar-refractivity contribution is 5.80. The Labute approximate surface area is 180 Å². The summed E-state index contributed by atoms with van der Waals surface area (Å²) in [6.07, 6.45) is -1.59. The van der Waals surface area contributed by atoms with Crippen LogP contribution in [0.1, 0.15) is 17.0 Å². The van der Waals surface area contributed by atoms with Gasteiger partial charge in [-0.1, -0.05) is 30.3 Å². The van der Waals surface area contributed by atoms with Crippen molar-refractivity contribution in [3.63, 3.8) is 0 Å². The van der Waals surface area contributed by atoms with Crippen LogP contribution in [0.5, 0.6) is 11.5 Å². The lowest BCUT2D eigenvalue weighted by Gasteiger charge is -2.14. The number of fused-ring (bicyclic) bond motifs is 1. The first kappa shape index (κ1) is 21.2. The van der Waals surface area contributed by atoms with Gasteiger partial charge in [0.25, 0.3) is 5.56 Å². The maximum atomic E-state index is 13.3. The molecule has 0 aliphatic rings. The van der Waals surface area contributed by atoms with Crippen molar-refractivity contribution in [2.75, 3.05) is 7.11 Å². The fourth-order valence-electron chi connectivity index (χ4n) is 3.34. The van der Waals surface area contributed by atoms with Crippen LogP contribution in [0.15, 0.2) is 71.5 Å². The average molecular weight is 438 g/mol. The summed E-state index contributed by atoms with van der Waals surface area (Å²) in [7, 11) is 1.42. The van der Waals surface area contributed by atoms with Gasteiger partial charge in [0, 0.05) is 5.56 Å². The molecule has 0 fully saturated rings. The van der Waals surface area contributed by atoms with Crippen molar-refractivity contribution in [2.45, 2.75) is 6.18 Å². The molecule has 0 saturated heterocycles. The second-order valence-electron chi connectivity index (χ2n) is 6.91. The molecule has 5 nitrogen and oxygen atoms in total. The second kappa shape index (κ2) is 8.22. The number of methoxy groups -OCH3 is 1. The summed E-state index contributed by atoms with van der Waals surface area (Å²) >= 11 is 0. The van der Waals surface area contributed by atoms with Gasteiger partial charge in [-0.25, -0.2) is 4.98 Å². The van der Waals surface area contributed by atoms with Crippen molar-refractivity contribution in [1.82, 2.24) is 9.55 Å². The van der Waals surface area contributed by atoms with Gasteiger partial charge in [0.2, 0.25) is 0 Å². The zero-order chi connectivity index (χ0) is 22.9. The van der Waals surface area contributed by atoms with Gasteiger partial charge >= 0.3 is 6.18 Å². The van der Waals surface area contributed by atoms with E-state index in [1.54, 1.807) is 42.5 Å². The first-order chi connectivity index (χ1) is 15.3. The highest BCUT2D eigenvalue weighted by atomic mass is 19.4. The minimum atomic E-state index is -4.56. The molecule has 1 heterocycles. The number of aromatic hydroxyl groups is 1. The number of hydrogen-bond donors (Lipinski definition) is 1. The standard InChI is InChI=1S/C24H17F3N2O3/c1-32-20-11-4-6-15(22(20)30)12-13-21-28-19-10-3-2-9-18(19)23(31)29(21)17-8-5-7-16(14-17)24(25,26)27/h2-14,30H,1H3. The van der Waals surface area contributed by atoms with Gasteiger partial charge in [-0.15, -0.1) is 0 Å². The zero-order valence-corrected chi connectivity index (χ0v) is 16.8. The van der Waals surface area contributed by atoms with E-state index in [4.69, 9.17) is 4.74 Å². The number of nitrogens with zero attached hydrogens (tertiary/aromatic N) is 2. The Morgan fingerprint density at radius 1 is 1.00 bits per heavy atom. The molecule has 0 aliphatic heterocycles. The molecular formula is C24H17F3N2O3. The Kier molecular flexibility index (Phi) is 5.44. The molecule has 8 heteroatoms. The van der Waals surface area contributed by atoms with Crippen LogP contribution in [-0.4, -0.2) is 21.8 Å². The molecule has 4 rings (SSSR count). The monoisotopic (exact) mass is 438 g/mol. The molecule has 0 radical (unpaired) electrons. The molecule has 0 amide bonds. The van der Waals surface area contributed by atoms with Crippen LogP contribution in [-0.2, 0) is 6.18 Å². The van der Waals surface area contributed by atoms with Crippen LogP contribution in [0.25, 0.3) is 28.7 Å². The molecule has 4 aromatic rings. The minimum Gasteiger partial charge on any atom is -0.504 e. The molecule has 162 valence electrons. The van der Waals surface area contributed by atoms with Crippen LogP contribution in [0.2, 0.25) is 0 Å². The molecule has 0 spiro atoms. The Morgan fingerprint density at radius 3 is 2.50 bits per heavy atom. The first-order valence-electron chi connectivity index (χ1n) is 9.53. The van der Waals surface area contributed by atoms with Crippen LogP contribution < -0.4 is 10.3 Å². The summed E-state index contributed by atoms with van der Waals surface area (Å²) in [4.78, 5) is 17.7. The summed E-state index contributed by atoms with van der Waals surface area (Å²) in [5.74, 6) is 0.254. The Hall–Kier alpha value is -4.07. The van der Waals surface area contributed by atoms with Crippen molar-refractivity contribution in [3.05, 3.63) is 94.0 Å². The number of halogens is 3. The summed E-state index contributed by atoms with van der Waals surface area (Å²) in [5.41, 5.74) is -0.574. The molecule has 0 aliphatic carbocycles. The summed E-state index contributed by atoms with van der Waals surface area (Å²) in [6, 6.07) is 16.0. The summed E-state index contributed by atoms with van der Waals surface area (Å²) in [6.45, 7) is 0. The van der Waals surface area contributed by atoms with Crippen molar-refractivity contribution in [1.29, 1.82) is 0 Å². The van der Waals surface area contributed by atoms with Gasteiger partial charge in [0.15, 0.2) is 11.5 Å². The third kappa shape index (κ3) is 3.94. The van der Waals surface area contributed by atoms with Gasteiger partial charge < -0.3 is 9.84 Å². The predicted octanol–water partition coefficient (Wildman–Crippen LogP) is 5.29. The molecule has 1 aromatic heterocycles. The van der Waals surface area contributed by atoms with E-state index < -0.39 is 17.3 Å². The summed E-state index contributed by atoms with van der Waals surface area (Å²) in [5, 5.41) is 10.6. The molecule has 0 bridgehead atoms. The van der Waals surface area contributed by atoms with Crippen LogP contribution in [0.4, 0.5) is 13.2 Å². The lowest BCUT2D eigenvalue weighted by molar-refractivity contribution is -0.137. The number of alkyl halides is 3. The van der Waals surface area contributed by atoms with Crippen molar-refractivity contribution in [3.8, 4) is 17.2 Å². The Bertz CT molecular complexity index is 1390. The molecule has 0 saturated carbocycles. The minimum absolute atomic E-state index is 0.0255. The first-order valence-corrected chi connectivity index (χ1v) is 9.53. The zero-order valence-electron chi connectivity index (χ0n) is 16.8. The highest BCUT2D eigenvalue weighted by Crippen LogP contribution is 2.32. The van der Waals surface area contributed by atoms with Gasteiger partial charge in [-0.3, -0.25) is 9.36 Å². The maximum Gasteiger partial charge on any atom is 0.416 e. The fraction of sp³-hybridized carbons (Fsp3) is 0.0833. The number of benzene rings is 3. The smallest absolute Gasteiger partial charge is 0.416 e. The number of ether oxygens (including phenoxy) is 1. The number of phenolic OH excluding ortho intramolecular Hbond substituents is 1. The van der Waals surface area contributed by atoms with E-state index in [1.165, 1.54) is 31.4 Å². The van der Waals surface area contributed by atoms with Gasteiger partial charge in [0.05, 0.1) is 29.3 Å².